The van der Waals surface area contributed by atoms with E-state index in [4.69, 9.17) is 4.74 Å². The molecule has 0 spiro atoms. The number of rotatable bonds is 7. The lowest BCUT2D eigenvalue weighted by Crippen LogP contribution is -2.40. The Labute approximate surface area is 138 Å². The first-order valence-electron chi connectivity index (χ1n) is 8.42. The molecule has 2 rings (SSSR count). The van der Waals surface area contributed by atoms with Gasteiger partial charge in [0, 0.05) is 19.1 Å². The number of hydrogen-bond donors (Lipinski definition) is 2. The minimum absolute atomic E-state index is 0.365. The zero-order valence-electron chi connectivity index (χ0n) is 14.1. The largest absolute Gasteiger partial charge is 0.497 e. The van der Waals surface area contributed by atoms with Crippen molar-refractivity contribution in [2.75, 3.05) is 27.2 Å². The molecule has 1 aromatic carbocycles. The van der Waals surface area contributed by atoms with Crippen molar-refractivity contribution in [1.82, 2.24) is 10.2 Å². The summed E-state index contributed by atoms with van der Waals surface area (Å²) in [7, 11) is 3.67. The van der Waals surface area contributed by atoms with Gasteiger partial charge < -0.3 is 20.1 Å². The summed E-state index contributed by atoms with van der Waals surface area (Å²) in [6.45, 7) is 1.36. The Morgan fingerprint density at radius 1 is 1.39 bits per heavy atom. The summed E-state index contributed by atoms with van der Waals surface area (Å²) in [5.74, 6) is 0.265. The number of benzene rings is 1. The normalized spacial score (nSPS) is 17.0. The molecule has 1 fully saturated rings. The fraction of sp³-hybridized carbons (Fsp3) is 0.611. The maximum atomic E-state index is 12.1. The van der Waals surface area contributed by atoms with Crippen molar-refractivity contribution >= 4 is 5.91 Å². The van der Waals surface area contributed by atoms with E-state index in [1.807, 2.05) is 0 Å². The standard InChI is InChI=1S/C18H28N2O3/c1-20(15-8-4-3-5-9-15)12-11-19-18(22)17(21)14-7-6-10-16(13-14)23-2/h6-7,10,13,15,17,21H,3-5,8-9,11-12H2,1-2H3,(H,19,22). The van der Waals surface area contributed by atoms with Gasteiger partial charge in [0.25, 0.3) is 5.91 Å². The van der Waals surface area contributed by atoms with E-state index < -0.39 is 6.10 Å². The first-order chi connectivity index (χ1) is 11.1. The van der Waals surface area contributed by atoms with E-state index >= 15 is 0 Å². The number of aliphatic hydroxyl groups excluding tert-OH is 1. The van der Waals surface area contributed by atoms with Gasteiger partial charge in [-0.2, -0.15) is 0 Å². The molecule has 1 aliphatic rings. The maximum Gasteiger partial charge on any atom is 0.253 e. The van der Waals surface area contributed by atoms with Crippen LogP contribution in [0.1, 0.15) is 43.8 Å². The fourth-order valence-electron chi connectivity index (χ4n) is 3.12. The molecule has 1 atom stereocenters. The fourth-order valence-corrected chi connectivity index (χ4v) is 3.12. The average molecular weight is 320 g/mol. The molecule has 0 aliphatic heterocycles. The van der Waals surface area contributed by atoms with Crippen LogP contribution in [0, 0.1) is 0 Å². The molecule has 128 valence electrons. The molecule has 1 aromatic rings. The highest BCUT2D eigenvalue weighted by Gasteiger charge is 2.20. The van der Waals surface area contributed by atoms with Gasteiger partial charge in [0.15, 0.2) is 6.10 Å². The van der Waals surface area contributed by atoms with Crippen LogP contribution in [-0.2, 0) is 4.79 Å². The molecule has 1 unspecified atom stereocenters. The van der Waals surface area contributed by atoms with Crippen LogP contribution in [0.5, 0.6) is 5.75 Å². The summed E-state index contributed by atoms with van der Waals surface area (Å²) < 4.78 is 5.12. The zero-order valence-corrected chi connectivity index (χ0v) is 14.1. The number of methoxy groups -OCH3 is 1. The van der Waals surface area contributed by atoms with Gasteiger partial charge in [-0.05, 0) is 37.6 Å². The van der Waals surface area contributed by atoms with E-state index in [2.05, 4.69) is 17.3 Å². The number of amides is 1. The molecule has 1 aliphatic carbocycles. The number of carbonyl (C=O) groups is 1. The summed E-state index contributed by atoms with van der Waals surface area (Å²) >= 11 is 0. The number of hydrogen-bond acceptors (Lipinski definition) is 4. The Kier molecular flexibility index (Phi) is 6.86. The van der Waals surface area contributed by atoms with Crippen LogP contribution in [0.3, 0.4) is 0 Å². The maximum absolute atomic E-state index is 12.1. The molecule has 2 N–H and O–H groups in total. The van der Waals surface area contributed by atoms with Gasteiger partial charge >= 0.3 is 0 Å². The summed E-state index contributed by atoms with van der Waals surface area (Å²) in [6, 6.07) is 7.58. The van der Waals surface area contributed by atoms with Crippen LogP contribution in [-0.4, -0.2) is 49.2 Å². The number of carbonyl (C=O) groups excluding carboxylic acids is 1. The van der Waals surface area contributed by atoms with Gasteiger partial charge in [-0.3, -0.25) is 4.79 Å². The molecule has 0 aromatic heterocycles. The average Bonchev–Trinajstić information content (AvgIpc) is 2.61. The Morgan fingerprint density at radius 2 is 2.13 bits per heavy atom. The number of nitrogens with one attached hydrogen (secondary N) is 1. The van der Waals surface area contributed by atoms with Gasteiger partial charge in [0.05, 0.1) is 7.11 Å². The first kappa shape index (κ1) is 17.8. The predicted molar refractivity (Wildman–Crippen MR) is 90.5 cm³/mol. The van der Waals surface area contributed by atoms with E-state index in [1.54, 1.807) is 31.4 Å². The monoisotopic (exact) mass is 320 g/mol. The van der Waals surface area contributed by atoms with Crippen molar-refractivity contribution < 1.29 is 14.6 Å². The van der Waals surface area contributed by atoms with Crippen molar-refractivity contribution in [3.63, 3.8) is 0 Å². The van der Waals surface area contributed by atoms with Crippen LogP contribution in [0.15, 0.2) is 24.3 Å². The van der Waals surface area contributed by atoms with Crippen LogP contribution in [0.4, 0.5) is 0 Å². The van der Waals surface area contributed by atoms with Crippen molar-refractivity contribution in [3.8, 4) is 5.75 Å². The molecule has 5 heteroatoms. The second kappa shape index (κ2) is 8.89. The molecule has 1 amide bonds. The topological polar surface area (TPSA) is 61.8 Å². The van der Waals surface area contributed by atoms with E-state index in [0.717, 1.165) is 6.54 Å². The van der Waals surface area contributed by atoms with Gasteiger partial charge in [-0.1, -0.05) is 31.4 Å². The van der Waals surface area contributed by atoms with Crippen molar-refractivity contribution in [2.24, 2.45) is 0 Å². The molecule has 0 radical (unpaired) electrons. The van der Waals surface area contributed by atoms with Crippen LogP contribution < -0.4 is 10.1 Å². The lowest BCUT2D eigenvalue weighted by Gasteiger charge is -2.31. The highest BCUT2D eigenvalue weighted by molar-refractivity contribution is 5.82. The lowest BCUT2D eigenvalue weighted by atomic mass is 9.94. The smallest absolute Gasteiger partial charge is 0.253 e. The highest BCUT2D eigenvalue weighted by Crippen LogP contribution is 2.21. The molecule has 0 heterocycles. The molecule has 5 nitrogen and oxygen atoms in total. The number of nitrogens with zero attached hydrogens (tertiary/aromatic N) is 1. The Balaban J connectivity index is 1.77. The minimum Gasteiger partial charge on any atom is -0.497 e. The quantitative estimate of drug-likeness (QED) is 0.808. The van der Waals surface area contributed by atoms with E-state index in [1.165, 1.54) is 32.1 Å². The third kappa shape index (κ3) is 5.22. The highest BCUT2D eigenvalue weighted by atomic mass is 16.5. The molecular weight excluding hydrogens is 292 g/mol. The third-order valence-electron chi connectivity index (χ3n) is 4.62. The summed E-state index contributed by atoms with van der Waals surface area (Å²) in [5.41, 5.74) is 0.544. The van der Waals surface area contributed by atoms with Gasteiger partial charge in [-0.25, -0.2) is 0 Å². The third-order valence-corrected chi connectivity index (χ3v) is 4.62. The minimum atomic E-state index is -1.16. The second-order valence-corrected chi connectivity index (χ2v) is 6.24. The van der Waals surface area contributed by atoms with Crippen molar-refractivity contribution in [3.05, 3.63) is 29.8 Å². The number of ether oxygens (including phenoxy) is 1. The van der Waals surface area contributed by atoms with Crippen molar-refractivity contribution in [2.45, 2.75) is 44.2 Å². The van der Waals surface area contributed by atoms with Crippen LogP contribution in [0.25, 0.3) is 0 Å². The molecule has 0 saturated heterocycles. The van der Waals surface area contributed by atoms with E-state index in [0.29, 0.717) is 23.9 Å². The number of aliphatic hydroxyl groups is 1. The van der Waals surface area contributed by atoms with Gasteiger partial charge in [0.2, 0.25) is 0 Å². The zero-order chi connectivity index (χ0) is 16.7. The first-order valence-corrected chi connectivity index (χ1v) is 8.42. The molecule has 1 saturated carbocycles. The summed E-state index contributed by atoms with van der Waals surface area (Å²) in [6.07, 6.45) is 5.28. The predicted octanol–water partition coefficient (Wildman–Crippen LogP) is 2.11. The summed E-state index contributed by atoms with van der Waals surface area (Å²) in [4.78, 5) is 14.4. The summed E-state index contributed by atoms with van der Waals surface area (Å²) in [5, 5.41) is 13.0. The lowest BCUT2D eigenvalue weighted by molar-refractivity contribution is -0.129. The second-order valence-electron chi connectivity index (χ2n) is 6.24. The van der Waals surface area contributed by atoms with E-state index in [9.17, 15) is 9.90 Å². The Morgan fingerprint density at radius 3 is 2.83 bits per heavy atom. The SMILES string of the molecule is COc1cccc(C(O)C(=O)NCCN(C)C2CCCCC2)c1. The van der Waals surface area contributed by atoms with Crippen molar-refractivity contribution in [1.29, 1.82) is 0 Å². The van der Waals surface area contributed by atoms with Gasteiger partial charge in [0.1, 0.15) is 5.75 Å². The Hall–Kier alpha value is -1.59. The molecular formula is C18H28N2O3. The van der Waals surface area contributed by atoms with Crippen LogP contribution >= 0.6 is 0 Å². The molecule has 23 heavy (non-hydrogen) atoms. The molecule has 0 bridgehead atoms. The van der Waals surface area contributed by atoms with Gasteiger partial charge in [-0.15, -0.1) is 0 Å². The van der Waals surface area contributed by atoms with E-state index in [-0.39, 0.29) is 5.91 Å². The van der Waals surface area contributed by atoms with Crippen LogP contribution in [0.2, 0.25) is 0 Å². The Bertz CT molecular complexity index is 501. The number of likely N-dealkylation sites (N-methyl/N-ethyl adjacent to an activating group) is 1.